The molecule has 0 aliphatic heterocycles. The topological polar surface area (TPSA) is 84.9 Å². The van der Waals surface area contributed by atoms with E-state index in [0.717, 1.165) is 24.8 Å². The molecule has 0 heterocycles. The molecule has 2 aromatic carbocycles. The molecule has 2 N–H and O–H groups in total. The Bertz CT molecular complexity index is 872. The molecule has 1 saturated carbocycles. The number of carbonyl (C=O) groups is 2. The third-order valence-corrected chi connectivity index (χ3v) is 5.81. The second kappa shape index (κ2) is 9.65. The maximum absolute atomic E-state index is 12.9. The van der Waals surface area contributed by atoms with Gasteiger partial charge in [0.2, 0.25) is 0 Å². The van der Waals surface area contributed by atoms with Crippen molar-refractivity contribution in [3.63, 3.8) is 0 Å². The van der Waals surface area contributed by atoms with E-state index in [9.17, 15) is 14.7 Å². The quantitative estimate of drug-likeness (QED) is 0.684. The van der Waals surface area contributed by atoms with Crippen LogP contribution in [0.25, 0.3) is 0 Å². The third kappa shape index (κ3) is 5.12. The van der Waals surface area contributed by atoms with E-state index in [2.05, 4.69) is 12.2 Å². The molecule has 30 heavy (non-hydrogen) atoms. The molecule has 1 aliphatic carbocycles. The molecular formula is C24H29NO5. The normalized spacial score (nSPS) is 20.9. The number of hydrogen-bond acceptors (Lipinski definition) is 4. The second-order valence-electron chi connectivity index (χ2n) is 7.97. The Hall–Kier alpha value is -3.02. The van der Waals surface area contributed by atoms with Crippen LogP contribution in [0.2, 0.25) is 0 Å². The van der Waals surface area contributed by atoms with E-state index in [1.165, 1.54) is 0 Å². The lowest BCUT2D eigenvalue weighted by Gasteiger charge is -2.36. The summed E-state index contributed by atoms with van der Waals surface area (Å²) in [5.74, 6) is 0.0693. The van der Waals surface area contributed by atoms with E-state index in [1.54, 1.807) is 25.3 Å². The van der Waals surface area contributed by atoms with Crippen molar-refractivity contribution < 1.29 is 24.2 Å². The highest BCUT2D eigenvalue weighted by molar-refractivity contribution is 5.98. The predicted molar refractivity (Wildman–Crippen MR) is 114 cm³/mol. The Morgan fingerprint density at radius 3 is 2.43 bits per heavy atom. The van der Waals surface area contributed by atoms with Crippen LogP contribution in [0.15, 0.2) is 48.5 Å². The van der Waals surface area contributed by atoms with Crippen LogP contribution in [0.1, 0.15) is 48.5 Å². The summed E-state index contributed by atoms with van der Waals surface area (Å²) in [6, 6.07) is 14.9. The van der Waals surface area contributed by atoms with Crippen molar-refractivity contribution in [1.29, 1.82) is 0 Å². The lowest BCUT2D eigenvalue weighted by molar-refractivity contribution is -0.146. The average molecular weight is 411 g/mol. The molecule has 1 amide bonds. The highest BCUT2D eigenvalue weighted by atomic mass is 16.5. The second-order valence-corrected chi connectivity index (χ2v) is 7.97. The number of carboxylic acid groups (broad SMARTS) is 1. The molecule has 3 rings (SSSR count). The molecule has 0 unspecified atom stereocenters. The zero-order valence-electron chi connectivity index (χ0n) is 17.5. The molecule has 0 radical (unpaired) electrons. The first kappa shape index (κ1) is 21.7. The van der Waals surface area contributed by atoms with Gasteiger partial charge in [-0.25, -0.2) is 4.79 Å². The van der Waals surface area contributed by atoms with Gasteiger partial charge in [-0.15, -0.1) is 0 Å². The summed E-state index contributed by atoms with van der Waals surface area (Å²) in [5.41, 5.74) is 0.294. The Kier molecular flexibility index (Phi) is 6.98. The van der Waals surface area contributed by atoms with Gasteiger partial charge in [-0.05, 0) is 55.4 Å². The monoisotopic (exact) mass is 411 g/mol. The average Bonchev–Trinajstić information content (AvgIpc) is 2.76. The fraction of sp³-hybridized carbons (Fsp3) is 0.417. The zero-order chi connectivity index (χ0) is 21.6. The van der Waals surface area contributed by atoms with Crippen molar-refractivity contribution in [3.05, 3.63) is 59.7 Å². The predicted octanol–water partition coefficient (Wildman–Crippen LogP) is 4.08. The van der Waals surface area contributed by atoms with E-state index in [-0.39, 0.29) is 0 Å². The number of nitrogens with one attached hydrogen (secondary N) is 1. The summed E-state index contributed by atoms with van der Waals surface area (Å²) in [6.07, 6.45) is 3.16. The van der Waals surface area contributed by atoms with Crippen molar-refractivity contribution >= 4 is 11.9 Å². The number of methoxy groups -OCH3 is 1. The molecule has 6 nitrogen and oxygen atoms in total. The number of amides is 1. The maximum Gasteiger partial charge on any atom is 0.329 e. The number of rotatable bonds is 8. The minimum Gasteiger partial charge on any atom is -0.493 e. The number of benzene rings is 2. The van der Waals surface area contributed by atoms with Gasteiger partial charge in [0.1, 0.15) is 5.54 Å². The summed E-state index contributed by atoms with van der Waals surface area (Å²) in [6.45, 7) is 2.54. The van der Waals surface area contributed by atoms with E-state index in [1.807, 2.05) is 30.3 Å². The van der Waals surface area contributed by atoms with Crippen molar-refractivity contribution in [2.45, 2.75) is 44.6 Å². The largest absolute Gasteiger partial charge is 0.493 e. The number of ether oxygens (including phenoxy) is 2. The van der Waals surface area contributed by atoms with E-state index < -0.39 is 17.4 Å². The van der Waals surface area contributed by atoms with Crippen molar-refractivity contribution in [2.75, 3.05) is 13.7 Å². The van der Waals surface area contributed by atoms with Gasteiger partial charge in [-0.2, -0.15) is 0 Å². The fourth-order valence-corrected chi connectivity index (χ4v) is 3.79. The summed E-state index contributed by atoms with van der Waals surface area (Å²) >= 11 is 0. The summed E-state index contributed by atoms with van der Waals surface area (Å²) in [7, 11) is 1.54. The molecule has 1 aliphatic rings. The maximum atomic E-state index is 12.9. The van der Waals surface area contributed by atoms with Gasteiger partial charge in [0.05, 0.1) is 13.7 Å². The van der Waals surface area contributed by atoms with Crippen LogP contribution >= 0.6 is 0 Å². The lowest BCUT2D eigenvalue weighted by Crippen LogP contribution is -2.56. The van der Waals surface area contributed by atoms with Crippen LogP contribution < -0.4 is 14.8 Å². The Balaban J connectivity index is 1.71. The van der Waals surface area contributed by atoms with E-state index in [0.29, 0.717) is 42.4 Å². The Morgan fingerprint density at radius 1 is 1.10 bits per heavy atom. The zero-order valence-corrected chi connectivity index (χ0v) is 17.5. The highest BCUT2D eigenvalue weighted by Gasteiger charge is 2.42. The van der Waals surface area contributed by atoms with E-state index in [4.69, 9.17) is 9.47 Å². The van der Waals surface area contributed by atoms with Gasteiger partial charge in [-0.3, -0.25) is 4.79 Å². The fourth-order valence-electron chi connectivity index (χ4n) is 3.79. The molecule has 0 saturated heterocycles. The first-order valence-corrected chi connectivity index (χ1v) is 10.3. The minimum atomic E-state index is -1.21. The van der Waals surface area contributed by atoms with Crippen molar-refractivity contribution in [2.24, 2.45) is 5.92 Å². The molecule has 6 heteroatoms. The molecule has 0 bridgehead atoms. The Labute approximate surface area is 177 Å². The van der Waals surface area contributed by atoms with Crippen LogP contribution in [0.3, 0.4) is 0 Å². The summed E-state index contributed by atoms with van der Waals surface area (Å²) < 4.78 is 11.2. The van der Waals surface area contributed by atoms with Crippen molar-refractivity contribution in [3.8, 4) is 11.5 Å². The lowest BCUT2D eigenvalue weighted by atomic mass is 9.77. The molecular weight excluding hydrogens is 382 g/mol. The third-order valence-electron chi connectivity index (χ3n) is 5.81. The van der Waals surface area contributed by atoms with Crippen LogP contribution in [-0.2, 0) is 11.2 Å². The number of aliphatic carboxylic acids is 1. The smallest absolute Gasteiger partial charge is 0.329 e. The van der Waals surface area contributed by atoms with Crippen molar-refractivity contribution in [1.82, 2.24) is 5.32 Å². The summed E-state index contributed by atoms with van der Waals surface area (Å²) in [5, 5.41) is 12.6. The van der Waals surface area contributed by atoms with Gasteiger partial charge in [0.25, 0.3) is 5.91 Å². The molecule has 160 valence electrons. The van der Waals surface area contributed by atoms with Gasteiger partial charge < -0.3 is 19.9 Å². The van der Waals surface area contributed by atoms with Crippen LogP contribution in [0.4, 0.5) is 0 Å². The van der Waals surface area contributed by atoms with Gasteiger partial charge >= 0.3 is 5.97 Å². The highest BCUT2D eigenvalue weighted by Crippen LogP contribution is 2.33. The van der Waals surface area contributed by atoms with Gasteiger partial charge in [-0.1, -0.05) is 37.3 Å². The van der Waals surface area contributed by atoms with Gasteiger partial charge in [0.15, 0.2) is 11.5 Å². The molecule has 0 spiro atoms. The molecule has 0 aromatic heterocycles. The first-order chi connectivity index (χ1) is 14.4. The van der Waals surface area contributed by atoms with Gasteiger partial charge in [0, 0.05) is 12.0 Å². The van der Waals surface area contributed by atoms with E-state index >= 15 is 0 Å². The minimum absolute atomic E-state index is 0.352. The van der Waals surface area contributed by atoms with Crippen LogP contribution in [-0.4, -0.2) is 36.2 Å². The standard InChI is InChI=1S/C24H29NO5/c1-17-10-13-24(14-11-17,23(27)28)25-22(26)19-8-9-20(29-2)21(16-19)30-15-12-18-6-4-3-5-7-18/h3-9,16-17H,10-15H2,1-2H3,(H,25,26)(H,27,28). The molecule has 1 fully saturated rings. The number of hydrogen-bond donors (Lipinski definition) is 2. The Morgan fingerprint density at radius 2 is 1.80 bits per heavy atom. The first-order valence-electron chi connectivity index (χ1n) is 10.3. The SMILES string of the molecule is COc1ccc(C(=O)NC2(C(=O)O)CCC(C)CC2)cc1OCCc1ccccc1. The number of carboxylic acids is 1. The number of carbonyl (C=O) groups excluding carboxylic acids is 1. The molecule has 0 atom stereocenters. The van der Waals surface area contributed by atoms with Crippen LogP contribution in [0.5, 0.6) is 11.5 Å². The molecule has 2 aromatic rings. The van der Waals surface area contributed by atoms with Crippen LogP contribution in [0, 0.1) is 5.92 Å². The summed E-state index contributed by atoms with van der Waals surface area (Å²) in [4.78, 5) is 24.8.